The molecule has 2 amide bonds. The van der Waals surface area contributed by atoms with Crippen LogP contribution in [0.4, 0.5) is 4.79 Å². The molecule has 2 saturated heterocycles. The van der Waals surface area contributed by atoms with Gasteiger partial charge in [0.05, 0.1) is 0 Å². The molecule has 2 heterocycles. The molecule has 0 aliphatic carbocycles. The molecule has 0 spiro atoms. The van der Waals surface area contributed by atoms with E-state index in [9.17, 15) is 14.7 Å². The molecule has 2 fully saturated rings. The van der Waals surface area contributed by atoms with Gasteiger partial charge in [0.25, 0.3) is 0 Å². The lowest BCUT2D eigenvalue weighted by molar-refractivity contribution is -0.139. The Morgan fingerprint density at radius 3 is 1.92 bits per heavy atom. The highest BCUT2D eigenvalue weighted by Gasteiger charge is 2.44. The summed E-state index contributed by atoms with van der Waals surface area (Å²) in [6.45, 7) is 12.1. The summed E-state index contributed by atoms with van der Waals surface area (Å²) in [6.07, 6.45) is -0.329. The van der Waals surface area contributed by atoms with Gasteiger partial charge in [0.1, 0.15) is 12.2 Å². The second-order valence-electron chi connectivity index (χ2n) is 11.1. The second-order valence-corrected chi connectivity index (χ2v) is 11.1. The van der Waals surface area contributed by atoms with E-state index in [1.807, 2.05) is 20.8 Å². The van der Waals surface area contributed by atoms with E-state index < -0.39 is 12.2 Å². The van der Waals surface area contributed by atoms with Crippen molar-refractivity contribution in [1.29, 1.82) is 0 Å². The number of benzene rings is 2. The molecule has 7 nitrogen and oxygen atoms in total. The predicted octanol–water partition coefficient (Wildman–Crippen LogP) is 3.56. The zero-order chi connectivity index (χ0) is 26.0. The van der Waals surface area contributed by atoms with E-state index in [4.69, 9.17) is 4.74 Å². The summed E-state index contributed by atoms with van der Waals surface area (Å²) in [5.41, 5.74) is 4.22. The van der Waals surface area contributed by atoms with Crippen molar-refractivity contribution in [2.75, 3.05) is 39.3 Å². The molecule has 2 aromatic carbocycles. The lowest BCUT2D eigenvalue weighted by Gasteiger charge is -2.53. The number of carbonyl (C=O) groups is 2. The van der Waals surface area contributed by atoms with Crippen molar-refractivity contribution in [2.24, 2.45) is 0 Å². The standard InChI is InChI=1S/C29H39N3O4/c1-20-6-10-22(11-7-20)27(23-12-8-21(2)9-13-23)25-18-31(28(35)36-29(3,4)5)17-24-16-30(26(34)19-33)14-15-32(24)25/h6-13,24-25,27,33H,14-19H2,1-5H3/t24-,25-/m0/s1. The highest BCUT2D eigenvalue weighted by molar-refractivity contribution is 5.77. The molecule has 36 heavy (non-hydrogen) atoms. The Labute approximate surface area is 214 Å². The zero-order valence-electron chi connectivity index (χ0n) is 22.1. The van der Waals surface area contributed by atoms with Crippen LogP contribution in [0.5, 0.6) is 0 Å². The number of ether oxygens (including phenoxy) is 1. The van der Waals surface area contributed by atoms with Crippen molar-refractivity contribution >= 4 is 12.0 Å². The van der Waals surface area contributed by atoms with Crippen LogP contribution in [0.1, 0.15) is 48.9 Å². The summed E-state index contributed by atoms with van der Waals surface area (Å²) in [5.74, 6) is -0.228. The van der Waals surface area contributed by atoms with Gasteiger partial charge in [-0.15, -0.1) is 0 Å². The number of aliphatic hydroxyl groups excluding tert-OH is 1. The third-order valence-electron chi connectivity index (χ3n) is 7.19. The molecule has 0 saturated carbocycles. The largest absolute Gasteiger partial charge is 0.444 e. The smallest absolute Gasteiger partial charge is 0.410 e. The van der Waals surface area contributed by atoms with Gasteiger partial charge in [-0.25, -0.2) is 4.79 Å². The molecule has 2 aromatic rings. The molecule has 2 atom stereocenters. The van der Waals surface area contributed by atoms with Crippen LogP contribution in [-0.2, 0) is 9.53 Å². The number of amides is 2. The quantitative estimate of drug-likeness (QED) is 0.705. The molecular weight excluding hydrogens is 454 g/mol. The van der Waals surface area contributed by atoms with Crippen molar-refractivity contribution in [3.05, 3.63) is 70.8 Å². The fourth-order valence-corrected chi connectivity index (χ4v) is 5.41. The number of piperazine rings is 2. The lowest BCUT2D eigenvalue weighted by atomic mass is 9.81. The van der Waals surface area contributed by atoms with Crippen LogP contribution in [0.2, 0.25) is 0 Å². The Kier molecular flexibility index (Phi) is 7.71. The van der Waals surface area contributed by atoms with Crippen molar-refractivity contribution in [3.63, 3.8) is 0 Å². The zero-order valence-corrected chi connectivity index (χ0v) is 22.1. The number of carbonyl (C=O) groups excluding carboxylic acids is 2. The van der Waals surface area contributed by atoms with Crippen LogP contribution >= 0.6 is 0 Å². The Morgan fingerprint density at radius 2 is 1.42 bits per heavy atom. The van der Waals surface area contributed by atoms with E-state index in [0.29, 0.717) is 32.7 Å². The maximum atomic E-state index is 13.3. The summed E-state index contributed by atoms with van der Waals surface area (Å²) in [6, 6.07) is 17.3. The molecule has 0 radical (unpaired) electrons. The summed E-state index contributed by atoms with van der Waals surface area (Å²) >= 11 is 0. The summed E-state index contributed by atoms with van der Waals surface area (Å²) < 4.78 is 5.77. The van der Waals surface area contributed by atoms with Gasteiger partial charge in [-0.2, -0.15) is 0 Å². The molecule has 0 bridgehead atoms. The van der Waals surface area contributed by atoms with Crippen LogP contribution < -0.4 is 0 Å². The van der Waals surface area contributed by atoms with E-state index in [1.165, 1.54) is 22.3 Å². The third kappa shape index (κ3) is 5.90. The monoisotopic (exact) mass is 493 g/mol. The molecule has 2 aliphatic heterocycles. The maximum Gasteiger partial charge on any atom is 0.410 e. The van der Waals surface area contributed by atoms with Gasteiger partial charge in [-0.3, -0.25) is 9.69 Å². The van der Waals surface area contributed by atoms with Gasteiger partial charge in [-0.1, -0.05) is 59.7 Å². The lowest BCUT2D eigenvalue weighted by Crippen LogP contribution is -2.68. The number of nitrogens with zero attached hydrogens (tertiary/aromatic N) is 3. The number of hydrogen-bond donors (Lipinski definition) is 1. The number of hydrogen-bond acceptors (Lipinski definition) is 5. The molecule has 0 unspecified atom stereocenters. The maximum absolute atomic E-state index is 13.3. The summed E-state index contributed by atoms with van der Waals surface area (Å²) in [5, 5.41) is 9.44. The molecule has 2 aliphatic rings. The first-order valence-electron chi connectivity index (χ1n) is 12.8. The highest BCUT2D eigenvalue weighted by Crippen LogP contribution is 2.36. The average molecular weight is 494 g/mol. The minimum atomic E-state index is -0.595. The summed E-state index contributed by atoms with van der Waals surface area (Å²) in [7, 11) is 0. The average Bonchev–Trinajstić information content (AvgIpc) is 2.84. The van der Waals surface area contributed by atoms with Crippen molar-refractivity contribution in [1.82, 2.24) is 14.7 Å². The van der Waals surface area contributed by atoms with E-state index >= 15 is 0 Å². The van der Waals surface area contributed by atoms with Gasteiger partial charge in [0.15, 0.2) is 0 Å². The van der Waals surface area contributed by atoms with Crippen LogP contribution in [-0.4, -0.2) is 88.8 Å². The van der Waals surface area contributed by atoms with E-state index in [-0.39, 0.29) is 30.0 Å². The minimum absolute atomic E-state index is 0.00746. The van der Waals surface area contributed by atoms with Gasteiger partial charge < -0.3 is 19.6 Å². The van der Waals surface area contributed by atoms with Crippen LogP contribution in [0.25, 0.3) is 0 Å². The first kappa shape index (κ1) is 26.2. The predicted molar refractivity (Wildman–Crippen MR) is 140 cm³/mol. The van der Waals surface area contributed by atoms with Gasteiger partial charge >= 0.3 is 6.09 Å². The SMILES string of the molecule is Cc1ccc(C(c2ccc(C)cc2)[C@@H]2CN(C(=O)OC(C)(C)C)C[C@@H]3CN(C(=O)CO)CCN32)cc1. The Hall–Kier alpha value is -2.90. The second kappa shape index (κ2) is 10.6. The molecule has 194 valence electrons. The molecule has 7 heteroatoms. The normalized spacial score (nSPS) is 20.9. The van der Waals surface area contributed by atoms with Crippen LogP contribution in [0.15, 0.2) is 48.5 Å². The van der Waals surface area contributed by atoms with Crippen molar-refractivity contribution in [2.45, 2.75) is 58.2 Å². The first-order valence-corrected chi connectivity index (χ1v) is 12.8. The number of rotatable bonds is 4. The van der Waals surface area contributed by atoms with Crippen molar-refractivity contribution in [3.8, 4) is 0 Å². The Bertz CT molecular complexity index is 1020. The highest BCUT2D eigenvalue weighted by atomic mass is 16.6. The number of aliphatic hydroxyl groups is 1. The molecule has 1 N–H and O–H groups in total. The Morgan fingerprint density at radius 1 is 0.889 bits per heavy atom. The Balaban J connectivity index is 1.74. The van der Waals surface area contributed by atoms with Crippen LogP contribution in [0.3, 0.4) is 0 Å². The topological polar surface area (TPSA) is 73.3 Å². The van der Waals surface area contributed by atoms with Gasteiger partial charge in [-0.05, 0) is 45.7 Å². The van der Waals surface area contributed by atoms with E-state index in [0.717, 1.165) is 0 Å². The summed E-state index contributed by atoms with van der Waals surface area (Å²) in [4.78, 5) is 31.6. The molecule has 0 aromatic heterocycles. The van der Waals surface area contributed by atoms with E-state index in [1.54, 1.807) is 9.80 Å². The fraction of sp³-hybridized carbons (Fsp3) is 0.517. The van der Waals surface area contributed by atoms with Gasteiger partial charge in [0.2, 0.25) is 5.91 Å². The fourth-order valence-electron chi connectivity index (χ4n) is 5.41. The number of aryl methyl sites for hydroxylation is 2. The molecular formula is C29H39N3O4. The number of fused-ring (bicyclic) bond motifs is 1. The van der Waals surface area contributed by atoms with E-state index in [2.05, 4.69) is 67.3 Å². The van der Waals surface area contributed by atoms with Crippen molar-refractivity contribution < 1.29 is 19.4 Å². The van der Waals surface area contributed by atoms with Gasteiger partial charge in [0, 0.05) is 50.7 Å². The molecule has 4 rings (SSSR count). The first-order chi connectivity index (χ1) is 17.1. The third-order valence-corrected chi connectivity index (χ3v) is 7.19. The van der Waals surface area contributed by atoms with Crippen LogP contribution in [0, 0.1) is 13.8 Å². The minimum Gasteiger partial charge on any atom is -0.444 e.